The summed E-state index contributed by atoms with van der Waals surface area (Å²) in [5.41, 5.74) is 1.76. The minimum Gasteiger partial charge on any atom is -0.385 e. The highest BCUT2D eigenvalue weighted by Gasteiger charge is 2.13. The lowest BCUT2D eigenvalue weighted by Crippen LogP contribution is -2.18. The molecular weight excluding hydrogens is 261 g/mol. The molecule has 0 aliphatic carbocycles. The Morgan fingerprint density at radius 2 is 2.16 bits per heavy atom. The van der Waals surface area contributed by atoms with E-state index < -0.39 is 0 Å². The topological polar surface area (TPSA) is 21.3 Å². The molecule has 2 nitrogen and oxygen atoms in total. The van der Waals surface area contributed by atoms with Crippen LogP contribution in [0.5, 0.6) is 0 Å². The highest BCUT2D eigenvalue weighted by Crippen LogP contribution is 2.30. The first-order chi connectivity index (χ1) is 9.10. The molecule has 0 aliphatic heterocycles. The van der Waals surface area contributed by atoms with Crippen LogP contribution in [0.2, 0.25) is 0 Å². The molecule has 0 spiro atoms. The van der Waals surface area contributed by atoms with E-state index in [4.69, 9.17) is 4.74 Å². The third-order valence-corrected chi connectivity index (χ3v) is 4.18. The lowest BCUT2D eigenvalue weighted by atomic mass is 10.1. The zero-order valence-corrected chi connectivity index (χ0v) is 13.1. The third-order valence-electron chi connectivity index (χ3n) is 3.02. The van der Waals surface area contributed by atoms with Crippen molar-refractivity contribution < 1.29 is 9.13 Å². The fourth-order valence-electron chi connectivity index (χ4n) is 1.94. The first-order valence-corrected chi connectivity index (χ1v) is 7.73. The van der Waals surface area contributed by atoms with Gasteiger partial charge in [-0.15, -0.1) is 11.8 Å². The number of nitrogens with one attached hydrogen (secondary N) is 1. The maximum Gasteiger partial charge on any atom is 0.126 e. The summed E-state index contributed by atoms with van der Waals surface area (Å²) >= 11 is 1.78. The van der Waals surface area contributed by atoms with Crippen LogP contribution in [0.25, 0.3) is 0 Å². The van der Waals surface area contributed by atoms with Gasteiger partial charge >= 0.3 is 0 Å². The third kappa shape index (κ3) is 5.13. The van der Waals surface area contributed by atoms with Gasteiger partial charge in [-0.05, 0) is 50.1 Å². The van der Waals surface area contributed by atoms with Gasteiger partial charge in [0.1, 0.15) is 5.82 Å². The van der Waals surface area contributed by atoms with Crippen molar-refractivity contribution in [2.75, 3.05) is 26.0 Å². The van der Waals surface area contributed by atoms with Gasteiger partial charge in [-0.1, -0.05) is 6.92 Å². The number of aryl methyl sites for hydroxylation is 1. The van der Waals surface area contributed by atoms with Gasteiger partial charge in [-0.2, -0.15) is 0 Å². The minimum atomic E-state index is -0.124. The molecule has 0 heterocycles. The summed E-state index contributed by atoms with van der Waals surface area (Å²) in [6.45, 7) is 7.60. The van der Waals surface area contributed by atoms with Gasteiger partial charge in [0.25, 0.3) is 0 Å². The second kappa shape index (κ2) is 8.56. The molecule has 1 aromatic carbocycles. The molecule has 0 amide bonds. The van der Waals surface area contributed by atoms with Crippen molar-refractivity contribution in [3.8, 4) is 0 Å². The first-order valence-electron chi connectivity index (χ1n) is 6.75. The molecule has 0 saturated carbocycles. The van der Waals surface area contributed by atoms with Gasteiger partial charge in [0.15, 0.2) is 0 Å². The largest absolute Gasteiger partial charge is 0.385 e. The van der Waals surface area contributed by atoms with E-state index in [-0.39, 0.29) is 11.9 Å². The zero-order valence-electron chi connectivity index (χ0n) is 12.3. The van der Waals surface area contributed by atoms with Crippen LogP contribution in [0, 0.1) is 12.7 Å². The maximum atomic E-state index is 13.7. The fourth-order valence-corrected chi connectivity index (χ4v) is 3.08. The molecule has 108 valence electrons. The molecule has 1 aromatic rings. The molecule has 1 atom stereocenters. The average Bonchev–Trinajstić information content (AvgIpc) is 2.38. The summed E-state index contributed by atoms with van der Waals surface area (Å²) in [4.78, 5) is 1.17. The number of ether oxygens (including phenoxy) is 1. The standard InChI is InChI=1S/C15H24FNOS/c1-5-17-12(3)13-10-14(16)11(2)9-15(13)19-8-6-7-18-4/h9-10,12,17H,5-8H2,1-4H3. The summed E-state index contributed by atoms with van der Waals surface area (Å²) in [6, 6.07) is 3.79. The number of methoxy groups -OCH3 is 1. The van der Waals surface area contributed by atoms with Crippen molar-refractivity contribution >= 4 is 11.8 Å². The van der Waals surface area contributed by atoms with Gasteiger partial charge in [-0.3, -0.25) is 0 Å². The lowest BCUT2D eigenvalue weighted by molar-refractivity contribution is 0.200. The van der Waals surface area contributed by atoms with E-state index in [1.54, 1.807) is 24.9 Å². The van der Waals surface area contributed by atoms with E-state index in [9.17, 15) is 4.39 Å². The van der Waals surface area contributed by atoms with Gasteiger partial charge in [0, 0.05) is 30.4 Å². The Morgan fingerprint density at radius 3 is 2.79 bits per heavy atom. The number of hydrogen-bond acceptors (Lipinski definition) is 3. The molecule has 4 heteroatoms. The van der Waals surface area contributed by atoms with Crippen LogP contribution in [0.15, 0.2) is 17.0 Å². The fraction of sp³-hybridized carbons (Fsp3) is 0.600. The van der Waals surface area contributed by atoms with Crippen molar-refractivity contribution in [2.24, 2.45) is 0 Å². The molecule has 0 aromatic heterocycles. The van der Waals surface area contributed by atoms with E-state index >= 15 is 0 Å². The van der Waals surface area contributed by atoms with Crippen LogP contribution in [-0.2, 0) is 4.74 Å². The monoisotopic (exact) mass is 285 g/mol. The summed E-state index contributed by atoms with van der Waals surface area (Å²) in [6.07, 6.45) is 1.01. The zero-order chi connectivity index (χ0) is 14.3. The van der Waals surface area contributed by atoms with Crippen LogP contribution in [0.1, 0.15) is 37.4 Å². The molecule has 0 fully saturated rings. The average molecular weight is 285 g/mol. The van der Waals surface area contributed by atoms with E-state index in [0.29, 0.717) is 5.56 Å². The van der Waals surface area contributed by atoms with Crippen molar-refractivity contribution in [3.05, 3.63) is 29.1 Å². The normalized spacial score (nSPS) is 12.7. The Morgan fingerprint density at radius 1 is 1.42 bits per heavy atom. The lowest BCUT2D eigenvalue weighted by Gasteiger charge is -2.18. The van der Waals surface area contributed by atoms with E-state index in [0.717, 1.165) is 30.9 Å². The van der Waals surface area contributed by atoms with Crippen LogP contribution >= 0.6 is 11.8 Å². The maximum absolute atomic E-state index is 13.7. The SMILES string of the molecule is CCNC(C)c1cc(F)c(C)cc1SCCCOC. The molecular formula is C15H24FNOS. The molecule has 0 saturated heterocycles. The highest BCUT2D eigenvalue weighted by atomic mass is 32.2. The summed E-state index contributed by atoms with van der Waals surface area (Å²) < 4.78 is 18.8. The Balaban J connectivity index is 2.83. The summed E-state index contributed by atoms with van der Waals surface area (Å²) in [7, 11) is 1.71. The number of benzene rings is 1. The van der Waals surface area contributed by atoms with Gasteiger partial charge in [0.05, 0.1) is 0 Å². The molecule has 1 rings (SSSR count). The molecule has 0 aliphatic rings. The van der Waals surface area contributed by atoms with Crippen LogP contribution in [0.4, 0.5) is 4.39 Å². The Kier molecular flexibility index (Phi) is 7.42. The molecule has 1 unspecified atom stereocenters. The summed E-state index contributed by atoms with van der Waals surface area (Å²) in [5, 5.41) is 3.35. The van der Waals surface area contributed by atoms with Crippen molar-refractivity contribution in [3.63, 3.8) is 0 Å². The number of rotatable bonds is 8. The number of hydrogen-bond donors (Lipinski definition) is 1. The van der Waals surface area contributed by atoms with Crippen LogP contribution < -0.4 is 5.32 Å². The van der Waals surface area contributed by atoms with Crippen molar-refractivity contribution in [2.45, 2.75) is 38.1 Å². The second-order valence-electron chi connectivity index (χ2n) is 4.61. The predicted molar refractivity (Wildman–Crippen MR) is 80.4 cm³/mol. The molecule has 1 N–H and O–H groups in total. The molecule has 19 heavy (non-hydrogen) atoms. The Hall–Kier alpha value is -0.580. The smallest absolute Gasteiger partial charge is 0.126 e. The predicted octanol–water partition coefficient (Wildman–Crippen LogP) is 3.93. The Labute approximate surface area is 120 Å². The van der Waals surface area contributed by atoms with Gasteiger partial charge < -0.3 is 10.1 Å². The quantitative estimate of drug-likeness (QED) is 0.577. The van der Waals surface area contributed by atoms with E-state index in [2.05, 4.69) is 19.2 Å². The number of thioether (sulfide) groups is 1. The molecule has 0 bridgehead atoms. The van der Waals surface area contributed by atoms with Gasteiger partial charge in [0.2, 0.25) is 0 Å². The highest BCUT2D eigenvalue weighted by molar-refractivity contribution is 7.99. The first kappa shape index (κ1) is 16.5. The summed E-state index contributed by atoms with van der Waals surface area (Å²) in [5.74, 6) is 0.867. The van der Waals surface area contributed by atoms with Crippen molar-refractivity contribution in [1.29, 1.82) is 0 Å². The Bertz CT molecular complexity index is 398. The number of halogens is 1. The van der Waals surface area contributed by atoms with Crippen LogP contribution in [-0.4, -0.2) is 26.0 Å². The van der Waals surface area contributed by atoms with Gasteiger partial charge in [-0.25, -0.2) is 4.39 Å². The minimum absolute atomic E-state index is 0.124. The van der Waals surface area contributed by atoms with E-state index in [1.807, 2.05) is 13.0 Å². The molecule has 0 radical (unpaired) electrons. The van der Waals surface area contributed by atoms with E-state index in [1.165, 1.54) is 4.90 Å². The van der Waals surface area contributed by atoms with Crippen molar-refractivity contribution in [1.82, 2.24) is 5.32 Å². The second-order valence-corrected chi connectivity index (χ2v) is 5.75. The van der Waals surface area contributed by atoms with Crippen LogP contribution in [0.3, 0.4) is 0 Å².